The van der Waals surface area contributed by atoms with Crippen LogP contribution >= 0.6 is 0 Å². The van der Waals surface area contributed by atoms with Crippen molar-refractivity contribution in [1.29, 1.82) is 0 Å². The number of hydrogen-bond acceptors (Lipinski definition) is 1. The smallest absolute Gasteiger partial charge is 0.223 e. The molecule has 1 fully saturated rings. The van der Waals surface area contributed by atoms with Crippen molar-refractivity contribution in [3.05, 3.63) is 0 Å². The highest BCUT2D eigenvalue weighted by atomic mass is 16.1. The van der Waals surface area contributed by atoms with E-state index in [1.807, 2.05) is 6.92 Å². The van der Waals surface area contributed by atoms with Crippen molar-refractivity contribution in [3.8, 4) is 0 Å². The van der Waals surface area contributed by atoms with Crippen molar-refractivity contribution in [2.75, 3.05) is 0 Å². The molecule has 1 aliphatic rings. The zero-order valence-electron chi connectivity index (χ0n) is 7.55. The first-order valence-corrected chi connectivity index (χ1v) is 4.40. The number of carbonyl (C=O) groups is 1. The Morgan fingerprint density at radius 3 is 2.55 bits per heavy atom. The molecule has 0 aromatic heterocycles. The zero-order valence-corrected chi connectivity index (χ0v) is 7.55. The van der Waals surface area contributed by atoms with Gasteiger partial charge in [-0.05, 0) is 25.7 Å². The van der Waals surface area contributed by atoms with Crippen molar-refractivity contribution >= 4 is 5.91 Å². The minimum absolute atomic E-state index is 0.204. The Hall–Kier alpha value is -0.530. The van der Waals surface area contributed by atoms with E-state index >= 15 is 0 Å². The van der Waals surface area contributed by atoms with Crippen molar-refractivity contribution < 1.29 is 4.79 Å². The molecular formula is C9H17NO. The van der Waals surface area contributed by atoms with Crippen LogP contribution in [0.5, 0.6) is 0 Å². The number of nitrogens with one attached hydrogen (secondary N) is 1. The van der Waals surface area contributed by atoms with Gasteiger partial charge in [-0.1, -0.05) is 13.8 Å². The molecule has 1 saturated heterocycles. The van der Waals surface area contributed by atoms with Gasteiger partial charge >= 0.3 is 0 Å². The van der Waals surface area contributed by atoms with Gasteiger partial charge in [0.2, 0.25) is 5.91 Å². The monoisotopic (exact) mass is 155 g/mol. The van der Waals surface area contributed by atoms with Gasteiger partial charge in [0.25, 0.3) is 0 Å². The van der Waals surface area contributed by atoms with Gasteiger partial charge in [0, 0.05) is 12.0 Å². The summed E-state index contributed by atoms with van der Waals surface area (Å²) in [4.78, 5) is 11.3. The summed E-state index contributed by atoms with van der Waals surface area (Å²) < 4.78 is 0. The van der Waals surface area contributed by atoms with E-state index in [0.717, 1.165) is 12.8 Å². The highest BCUT2D eigenvalue weighted by Crippen LogP contribution is 2.20. The number of rotatable bonds is 0. The second kappa shape index (κ2) is 3.24. The molecule has 0 aromatic rings. The van der Waals surface area contributed by atoms with Crippen LogP contribution < -0.4 is 5.32 Å². The van der Waals surface area contributed by atoms with Gasteiger partial charge < -0.3 is 5.32 Å². The van der Waals surface area contributed by atoms with E-state index < -0.39 is 0 Å². The van der Waals surface area contributed by atoms with Gasteiger partial charge in [-0.2, -0.15) is 0 Å². The zero-order chi connectivity index (χ0) is 8.43. The average Bonchev–Trinajstić information content (AvgIpc) is 1.93. The van der Waals surface area contributed by atoms with Crippen molar-refractivity contribution in [2.24, 2.45) is 11.8 Å². The van der Waals surface area contributed by atoms with Crippen molar-refractivity contribution in [3.63, 3.8) is 0 Å². The van der Waals surface area contributed by atoms with Gasteiger partial charge in [0.05, 0.1) is 0 Å². The number of carbonyl (C=O) groups excluding carboxylic acids is 1. The maximum absolute atomic E-state index is 11.3. The lowest BCUT2D eigenvalue weighted by Crippen LogP contribution is -2.33. The fourth-order valence-electron chi connectivity index (χ4n) is 1.85. The van der Waals surface area contributed by atoms with Crippen LogP contribution in [0.15, 0.2) is 0 Å². The Labute approximate surface area is 68.4 Å². The van der Waals surface area contributed by atoms with Crippen LogP contribution in [-0.2, 0) is 4.79 Å². The quantitative estimate of drug-likeness (QED) is 0.565. The van der Waals surface area contributed by atoms with Gasteiger partial charge in [-0.15, -0.1) is 0 Å². The largest absolute Gasteiger partial charge is 0.353 e. The molecule has 1 rings (SSSR count). The molecule has 1 amide bonds. The molecule has 0 aliphatic carbocycles. The van der Waals surface area contributed by atoms with E-state index in [4.69, 9.17) is 0 Å². The third-order valence-corrected chi connectivity index (χ3v) is 2.35. The molecule has 0 saturated carbocycles. The van der Waals surface area contributed by atoms with Crippen LogP contribution in [0.1, 0.15) is 33.6 Å². The van der Waals surface area contributed by atoms with Gasteiger partial charge in [-0.3, -0.25) is 4.79 Å². The van der Waals surface area contributed by atoms with E-state index in [1.165, 1.54) is 0 Å². The molecule has 11 heavy (non-hydrogen) atoms. The Balaban J connectivity index is 2.58. The Bertz CT molecular complexity index is 156. The summed E-state index contributed by atoms with van der Waals surface area (Å²) in [6.45, 7) is 6.30. The van der Waals surface area contributed by atoms with Crippen molar-refractivity contribution in [1.82, 2.24) is 5.32 Å². The lowest BCUT2D eigenvalue weighted by Gasteiger charge is -2.11. The van der Waals surface area contributed by atoms with Crippen molar-refractivity contribution in [2.45, 2.75) is 39.7 Å². The molecule has 0 radical (unpaired) electrons. The SMILES string of the molecule is C[C@@H]1C[C@@H](C)NC(=O)[C@H](C)C1. The first kappa shape index (κ1) is 8.57. The van der Waals surface area contributed by atoms with E-state index in [9.17, 15) is 4.79 Å². The van der Waals surface area contributed by atoms with Gasteiger partial charge in [0.15, 0.2) is 0 Å². The second-order valence-electron chi connectivity index (χ2n) is 3.89. The van der Waals surface area contributed by atoms with Crippen LogP contribution in [-0.4, -0.2) is 11.9 Å². The summed E-state index contributed by atoms with van der Waals surface area (Å²) in [5.74, 6) is 1.11. The predicted octanol–water partition coefficient (Wildman–Crippen LogP) is 1.56. The summed E-state index contributed by atoms with van der Waals surface area (Å²) in [6.07, 6.45) is 2.16. The van der Waals surface area contributed by atoms with E-state index in [-0.39, 0.29) is 11.8 Å². The van der Waals surface area contributed by atoms with E-state index in [0.29, 0.717) is 12.0 Å². The summed E-state index contributed by atoms with van der Waals surface area (Å²) >= 11 is 0. The summed E-state index contributed by atoms with van der Waals surface area (Å²) in [5, 5.41) is 2.98. The fourth-order valence-corrected chi connectivity index (χ4v) is 1.85. The van der Waals surface area contributed by atoms with E-state index in [2.05, 4.69) is 19.2 Å². The summed E-state index contributed by atoms with van der Waals surface area (Å²) in [5.41, 5.74) is 0. The maximum Gasteiger partial charge on any atom is 0.223 e. The average molecular weight is 155 g/mol. The topological polar surface area (TPSA) is 29.1 Å². The molecule has 2 heteroatoms. The number of amides is 1. The third kappa shape index (κ3) is 2.21. The molecule has 1 heterocycles. The second-order valence-corrected chi connectivity index (χ2v) is 3.89. The molecular weight excluding hydrogens is 138 g/mol. The predicted molar refractivity (Wildman–Crippen MR) is 45.2 cm³/mol. The first-order chi connectivity index (χ1) is 5.09. The maximum atomic E-state index is 11.3. The first-order valence-electron chi connectivity index (χ1n) is 4.40. The van der Waals surface area contributed by atoms with Crippen LogP contribution in [0.25, 0.3) is 0 Å². The fraction of sp³-hybridized carbons (Fsp3) is 0.889. The van der Waals surface area contributed by atoms with Gasteiger partial charge in [-0.25, -0.2) is 0 Å². The standard InChI is InChI=1S/C9H17NO/c1-6-4-7(2)9(11)10-8(3)5-6/h6-8H,4-5H2,1-3H3,(H,10,11)/t6-,7+,8+/m0/s1. The van der Waals surface area contributed by atoms with Gasteiger partial charge in [0.1, 0.15) is 0 Å². The van der Waals surface area contributed by atoms with E-state index in [1.54, 1.807) is 0 Å². The molecule has 0 spiro atoms. The summed E-state index contributed by atoms with van der Waals surface area (Å²) in [7, 11) is 0. The molecule has 0 aromatic carbocycles. The summed E-state index contributed by atoms with van der Waals surface area (Å²) in [6, 6.07) is 0.363. The van der Waals surface area contributed by atoms with Crippen LogP contribution in [0.4, 0.5) is 0 Å². The normalized spacial score (nSPS) is 39.5. The minimum atomic E-state index is 0.204. The highest BCUT2D eigenvalue weighted by Gasteiger charge is 2.23. The molecule has 1 aliphatic heterocycles. The molecule has 0 unspecified atom stereocenters. The molecule has 0 bridgehead atoms. The molecule has 1 N–H and O–H groups in total. The lowest BCUT2D eigenvalue weighted by molar-refractivity contribution is -0.124. The Kier molecular flexibility index (Phi) is 2.53. The van der Waals surface area contributed by atoms with Crippen LogP contribution in [0, 0.1) is 11.8 Å². The Morgan fingerprint density at radius 1 is 1.27 bits per heavy atom. The minimum Gasteiger partial charge on any atom is -0.353 e. The van der Waals surface area contributed by atoms with Crippen LogP contribution in [0.2, 0.25) is 0 Å². The highest BCUT2D eigenvalue weighted by molar-refractivity contribution is 5.78. The molecule has 64 valence electrons. The third-order valence-electron chi connectivity index (χ3n) is 2.35. The molecule has 2 nitrogen and oxygen atoms in total. The lowest BCUT2D eigenvalue weighted by atomic mass is 9.95. The molecule has 3 atom stereocenters. The van der Waals surface area contributed by atoms with Crippen LogP contribution in [0.3, 0.4) is 0 Å². The number of hydrogen-bond donors (Lipinski definition) is 1. The Morgan fingerprint density at radius 2 is 1.91 bits per heavy atom.